The molecule has 0 aromatic carbocycles. The summed E-state index contributed by atoms with van der Waals surface area (Å²) in [7, 11) is 2.08. The average molecular weight is 290 g/mol. The lowest BCUT2D eigenvalue weighted by atomic mass is 9.79. The second-order valence-corrected chi connectivity index (χ2v) is 7.32. The molecular weight excluding hydrogens is 260 g/mol. The van der Waals surface area contributed by atoms with Gasteiger partial charge in [0, 0.05) is 45.0 Å². The molecule has 0 bridgehead atoms. The van der Waals surface area contributed by atoms with Gasteiger partial charge in [0.15, 0.2) is 0 Å². The smallest absolute Gasteiger partial charge is 0.128 e. The highest BCUT2D eigenvalue weighted by atomic mass is 15.2. The number of anilines is 1. The number of piperidine rings is 1. The fraction of sp³-hybridized carbons (Fsp3) is 0.706. The first kappa shape index (κ1) is 16.2. The third kappa shape index (κ3) is 3.95. The van der Waals surface area contributed by atoms with Gasteiger partial charge in [-0.2, -0.15) is 0 Å². The molecular formula is C17H30N4. The quantitative estimate of drug-likeness (QED) is 0.925. The van der Waals surface area contributed by atoms with Crippen molar-refractivity contribution in [3.63, 3.8) is 0 Å². The minimum atomic E-state index is 0.198. The standard InChI is InChI=1S/C17H30N4/c1-13(2)20(5)16-7-6-14(10-19-16)11-21-9-8-15(18)17(3,4)12-21/h6-7,10,13,15H,8-9,11-12,18H2,1-5H3. The van der Waals surface area contributed by atoms with E-state index in [-0.39, 0.29) is 5.41 Å². The summed E-state index contributed by atoms with van der Waals surface area (Å²) in [6, 6.07) is 5.10. The van der Waals surface area contributed by atoms with Gasteiger partial charge in [-0.3, -0.25) is 4.90 Å². The summed E-state index contributed by atoms with van der Waals surface area (Å²) in [4.78, 5) is 9.27. The highest BCUT2D eigenvalue weighted by Crippen LogP contribution is 2.28. The van der Waals surface area contributed by atoms with E-state index in [1.807, 2.05) is 6.20 Å². The van der Waals surface area contributed by atoms with Crippen LogP contribution in [0.25, 0.3) is 0 Å². The first-order valence-corrected chi connectivity index (χ1v) is 7.95. The predicted octanol–water partition coefficient (Wildman–Crippen LogP) is 2.49. The number of rotatable bonds is 4. The van der Waals surface area contributed by atoms with Crippen LogP contribution in [0.3, 0.4) is 0 Å². The average Bonchev–Trinajstić information content (AvgIpc) is 2.42. The number of hydrogen-bond donors (Lipinski definition) is 1. The van der Waals surface area contributed by atoms with Crippen LogP contribution in [0.2, 0.25) is 0 Å². The Balaban J connectivity index is 1.98. The summed E-state index contributed by atoms with van der Waals surface area (Å²) in [5, 5.41) is 0. The summed E-state index contributed by atoms with van der Waals surface area (Å²) < 4.78 is 0. The molecule has 1 aromatic heterocycles. The fourth-order valence-corrected chi connectivity index (χ4v) is 2.86. The summed E-state index contributed by atoms with van der Waals surface area (Å²) in [6.45, 7) is 12.0. The monoisotopic (exact) mass is 290 g/mol. The molecule has 1 aliphatic heterocycles. The van der Waals surface area contributed by atoms with Crippen LogP contribution in [0.1, 0.15) is 39.7 Å². The highest BCUT2D eigenvalue weighted by Gasteiger charge is 2.33. The zero-order valence-electron chi connectivity index (χ0n) is 14.1. The number of aromatic nitrogens is 1. The zero-order chi connectivity index (χ0) is 15.6. The van der Waals surface area contributed by atoms with Crippen LogP contribution < -0.4 is 10.6 Å². The van der Waals surface area contributed by atoms with Crippen LogP contribution in [0, 0.1) is 5.41 Å². The molecule has 118 valence electrons. The second kappa shape index (κ2) is 6.32. The molecule has 0 spiro atoms. The lowest BCUT2D eigenvalue weighted by molar-refractivity contribution is 0.0898. The molecule has 2 N–H and O–H groups in total. The molecule has 4 heteroatoms. The van der Waals surface area contributed by atoms with Gasteiger partial charge in [0.1, 0.15) is 5.82 Å². The number of nitrogens with zero attached hydrogens (tertiary/aromatic N) is 3. The molecule has 1 atom stereocenters. The molecule has 21 heavy (non-hydrogen) atoms. The Bertz CT molecular complexity index is 452. The van der Waals surface area contributed by atoms with Crippen molar-refractivity contribution in [3.8, 4) is 0 Å². The maximum Gasteiger partial charge on any atom is 0.128 e. The highest BCUT2D eigenvalue weighted by molar-refractivity contribution is 5.39. The van der Waals surface area contributed by atoms with Crippen LogP contribution in [0.5, 0.6) is 0 Å². The summed E-state index contributed by atoms with van der Waals surface area (Å²) in [5.74, 6) is 1.04. The van der Waals surface area contributed by atoms with Gasteiger partial charge in [-0.05, 0) is 37.3 Å². The van der Waals surface area contributed by atoms with Gasteiger partial charge in [-0.1, -0.05) is 19.9 Å². The van der Waals surface area contributed by atoms with Gasteiger partial charge in [0.2, 0.25) is 0 Å². The van der Waals surface area contributed by atoms with E-state index in [0.717, 1.165) is 31.9 Å². The normalized spacial score (nSPS) is 22.5. The van der Waals surface area contributed by atoms with Gasteiger partial charge in [-0.25, -0.2) is 4.98 Å². The van der Waals surface area contributed by atoms with E-state index in [1.54, 1.807) is 0 Å². The topological polar surface area (TPSA) is 45.4 Å². The van der Waals surface area contributed by atoms with Crippen LogP contribution >= 0.6 is 0 Å². The Labute approximate surface area is 129 Å². The third-order valence-electron chi connectivity index (χ3n) is 4.74. The Morgan fingerprint density at radius 3 is 2.67 bits per heavy atom. The van der Waals surface area contributed by atoms with Crippen LogP contribution in [-0.2, 0) is 6.54 Å². The zero-order valence-corrected chi connectivity index (χ0v) is 14.1. The molecule has 1 saturated heterocycles. The van der Waals surface area contributed by atoms with Crippen molar-refractivity contribution >= 4 is 5.82 Å². The predicted molar refractivity (Wildman–Crippen MR) is 89.4 cm³/mol. The molecule has 0 radical (unpaired) electrons. The number of hydrogen-bond acceptors (Lipinski definition) is 4. The first-order chi connectivity index (χ1) is 9.79. The minimum absolute atomic E-state index is 0.198. The fourth-order valence-electron chi connectivity index (χ4n) is 2.86. The van der Waals surface area contributed by atoms with Crippen molar-refractivity contribution in [3.05, 3.63) is 23.9 Å². The molecule has 0 amide bonds. The second-order valence-electron chi connectivity index (χ2n) is 7.32. The third-order valence-corrected chi connectivity index (χ3v) is 4.74. The SMILES string of the molecule is CC(C)N(C)c1ccc(CN2CCC(N)C(C)(C)C2)cn1. The van der Waals surface area contributed by atoms with E-state index < -0.39 is 0 Å². The van der Waals surface area contributed by atoms with Crippen molar-refractivity contribution in [1.82, 2.24) is 9.88 Å². The molecule has 1 aromatic rings. The minimum Gasteiger partial charge on any atom is -0.357 e. The van der Waals surface area contributed by atoms with Crippen LogP contribution in [-0.4, -0.2) is 42.1 Å². The van der Waals surface area contributed by atoms with E-state index in [1.165, 1.54) is 5.56 Å². The molecule has 1 fully saturated rings. The van der Waals surface area contributed by atoms with E-state index >= 15 is 0 Å². The summed E-state index contributed by atoms with van der Waals surface area (Å²) in [6.07, 6.45) is 3.09. The summed E-state index contributed by atoms with van der Waals surface area (Å²) in [5.41, 5.74) is 7.68. The van der Waals surface area contributed by atoms with Crippen molar-refractivity contribution in [2.75, 3.05) is 25.0 Å². The molecule has 2 rings (SSSR count). The molecule has 4 nitrogen and oxygen atoms in total. The lowest BCUT2D eigenvalue weighted by Gasteiger charge is -2.42. The Hall–Kier alpha value is -1.13. The molecule has 1 aliphatic rings. The van der Waals surface area contributed by atoms with E-state index in [0.29, 0.717) is 12.1 Å². The Morgan fingerprint density at radius 1 is 1.43 bits per heavy atom. The van der Waals surface area contributed by atoms with Gasteiger partial charge >= 0.3 is 0 Å². The Morgan fingerprint density at radius 2 is 2.14 bits per heavy atom. The van der Waals surface area contributed by atoms with Crippen molar-refractivity contribution < 1.29 is 0 Å². The Kier molecular flexibility index (Phi) is 4.89. The van der Waals surface area contributed by atoms with Crippen molar-refractivity contribution in [1.29, 1.82) is 0 Å². The van der Waals surface area contributed by atoms with Crippen LogP contribution in [0.4, 0.5) is 5.82 Å². The largest absolute Gasteiger partial charge is 0.357 e. The number of pyridine rings is 1. The molecule has 0 saturated carbocycles. The van der Waals surface area contributed by atoms with E-state index in [4.69, 9.17) is 5.73 Å². The van der Waals surface area contributed by atoms with E-state index in [2.05, 4.69) is 61.7 Å². The summed E-state index contributed by atoms with van der Waals surface area (Å²) >= 11 is 0. The van der Waals surface area contributed by atoms with Crippen molar-refractivity contribution in [2.24, 2.45) is 11.1 Å². The van der Waals surface area contributed by atoms with E-state index in [9.17, 15) is 0 Å². The van der Waals surface area contributed by atoms with Gasteiger partial charge in [-0.15, -0.1) is 0 Å². The molecule has 2 heterocycles. The van der Waals surface area contributed by atoms with Crippen molar-refractivity contribution in [2.45, 2.75) is 52.7 Å². The lowest BCUT2D eigenvalue weighted by Crippen LogP contribution is -2.52. The first-order valence-electron chi connectivity index (χ1n) is 7.95. The van der Waals surface area contributed by atoms with Gasteiger partial charge in [0.25, 0.3) is 0 Å². The maximum atomic E-state index is 6.21. The van der Waals surface area contributed by atoms with Crippen LogP contribution in [0.15, 0.2) is 18.3 Å². The maximum absolute atomic E-state index is 6.21. The van der Waals surface area contributed by atoms with Gasteiger partial charge < -0.3 is 10.6 Å². The molecule has 1 unspecified atom stereocenters. The van der Waals surface area contributed by atoms with Gasteiger partial charge in [0.05, 0.1) is 0 Å². The molecule has 0 aliphatic carbocycles. The number of nitrogens with two attached hydrogens (primary N) is 1. The number of likely N-dealkylation sites (tertiary alicyclic amines) is 1.